The fraction of sp³-hybridized carbons (Fsp3) is 0.524. The van der Waals surface area contributed by atoms with Gasteiger partial charge in [-0.2, -0.15) is 0 Å². The highest BCUT2D eigenvalue weighted by Crippen LogP contribution is 2.25. The van der Waals surface area contributed by atoms with E-state index in [1.54, 1.807) is 23.1 Å². The molecule has 4 amide bonds. The predicted molar refractivity (Wildman–Crippen MR) is 102 cm³/mol. The van der Waals surface area contributed by atoms with E-state index in [4.69, 9.17) is 0 Å². The number of hydrogen-bond acceptors (Lipinski definition) is 4. The number of nitrogens with zero attached hydrogens (tertiary/aromatic N) is 3. The Labute approximate surface area is 164 Å². The van der Waals surface area contributed by atoms with Crippen molar-refractivity contribution < 1.29 is 19.2 Å². The second-order valence-corrected chi connectivity index (χ2v) is 7.84. The van der Waals surface area contributed by atoms with E-state index in [0.717, 1.165) is 42.8 Å². The third-order valence-electron chi connectivity index (χ3n) is 5.95. The molecule has 1 aromatic rings. The van der Waals surface area contributed by atoms with Crippen molar-refractivity contribution in [2.75, 3.05) is 26.2 Å². The standard InChI is InChI=1S/C21H25N3O4/c1-14-6-7-15-16(13-14)20(27)24(19(15)26)12-8-18(25)23-11-4-5-17(23)21(28)22-9-2-3-10-22/h6-7,13,17H,2-5,8-12H2,1H3/t17-/m0/s1. The van der Waals surface area contributed by atoms with E-state index in [2.05, 4.69) is 0 Å². The number of fused-ring (bicyclic) bond motifs is 1. The second kappa shape index (κ2) is 7.37. The minimum Gasteiger partial charge on any atom is -0.341 e. The van der Waals surface area contributed by atoms with Gasteiger partial charge in [0.15, 0.2) is 0 Å². The molecule has 7 heteroatoms. The molecule has 3 aliphatic heterocycles. The molecule has 7 nitrogen and oxygen atoms in total. The summed E-state index contributed by atoms with van der Waals surface area (Å²) in [5.74, 6) is -0.816. The van der Waals surface area contributed by atoms with Crippen molar-refractivity contribution in [1.82, 2.24) is 14.7 Å². The van der Waals surface area contributed by atoms with E-state index in [-0.39, 0.29) is 36.6 Å². The molecule has 148 valence electrons. The average molecular weight is 383 g/mol. The SMILES string of the molecule is Cc1ccc2c(c1)C(=O)N(CCC(=O)N1CCC[C@H]1C(=O)N1CCCC1)C2=O. The first-order valence-electron chi connectivity index (χ1n) is 10.0. The summed E-state index contributed by atoms with van der Waals surface area (Å²) in [5, 5.41) is 0. The minimum absolute atomic E-state index is 0.0413. The average Bonchev–Trinajstić information content (AvgIpc) is 3.42. The maximum atomic E-state index is 12.8. The molecule has 0 saturated carbocycles. The van der Waals surface area contributed by atoms with Crippen LogP contribution in [0.5, 0.6) is 0 Å². The van der Waals surface area contributed by atoms with Crippen LogP contribution >= 0.6 is 0 Å². The summed E-state index contributed by atoms with van der Waals surface area (Å²) in [6.07, 6.45) is 3.58. The molecule has 2 fully saturated rings. The topological polar surface area (TPSA) is 78.0 Å². The van der Waals surface area contributed by atoms with Crippen molar-refractivity contribution in [3.63, 3.8) is 0 Å². The van der Waals surface area contributed by atoms with Gasteiger partial charge in [-0.1, -0.05) is 11.6 Å². The van der Waals surface area contributed by atoms with Crippen molar-refractivity contribution >= 4 is 23.6 Å². The third kappa shape index (κ3) is 3.19. The van der Waals surface area contributed by atoms with E-state index in [9.17, 15) is 19.2 Å². The van der Waals surface area contributed by atoms with Crippen LogP contribution in [0.2, 0.25) is 0 Å². The Balaban J connectivity index is 1.39. The van der Waals surface area contributed by atoms with Crippen LogP contribution < -0.4 is 0 Å². The monoisotopic (exact) mass is 383 g/mol. The lowest BCUT2D eigenvalue weighted by molar-refractivity contribution is -0.143. The highest BCUT2D eigenvalue weighted by molar-refractivity contribution is 6.21. The number of carbonyl (C=O) groups is 4. The molecular formula is C21H25N3O4. The van der Waals surface area contributed by atoms with Gasteiger partial charge in [-0.25, -0.2) is 0 Å². The molecule has 0 spiro atoms. The highest BCUT2D eigenvalue weighted by Gasteiger charge is 2.39. The summed E-state index contributed by atoms with van der Waals surface area (Å²) in [6, 6.07) is 4.79. The number of carbonyl (C=O) groups excluding carboxylic acids is 4. The first-order chi connectivity index (χ1) is 13.5. The van der Waals surface area contributed by atoms with E-state index in [0.29, 0.717) is 24.1 Å². The smallest absolute Gasteiger partial charge is 0.261 e. The molecule has 0 aliphatic carbocycles. The number of rotatable bonds is 4. The van der Waals surface area contributed by atoms with E-state index in [1.807, 2.05) is 11.8 Å². The van der Waals surface area contributed by atoms with Crippen LogP contribution in [-0.4, -0.2) is 70.5 Å². The van der Waals surface area contributed by atoms with Crippen LogP contribution in [0.1, 0.15) is 58.4 Å². The molecule has 3 aliphatic rings. The van der Waals surface area contributed by atoms with Gasteiger partial charge in [0.1, 0.15) is 6.04 Å². The molecule has 0 aromatic heterocycles. The van der Waals surface area contributed by atoms with Gasteiger partial charge in [-0.05, 0) is 44.7 Å². The maximum Gasteiger partial charge on any atom is 0.261 e. The zero-order valence-electron chi connectivity index (χ0n) is 16.1. The summed E-state index contributed by atoms with van der Waals surface area (Å²) < 4.78 is 0. The Morgan fingerprint density at radius 1 is 1.00 bits per heavy atom. The van der Waals surface area contributed by atoms with Crippen LogP contribution in [0.25, 0.3) is 0 Å². The summed E-state index contributed by atoms with van der Waals surface area (Å²) in [4.78, 5) is 55.2. The van der Waals surface area contributed by atoms with Crippen molar-refractivity contribution in [3.05, 3.63) is 34.9 Å². The Morgan fingerprint density at radius 2 is 1.71 bits per heavy atom. The molecule has 28 heavy (non-hydrogen) atoms. The molecule has 1 atom stereocenters. The van der Waals surface area contributed by atoms with Gasteiger partial charge in [0.2, 0.25) is 11.8 Å². The number of amides is 4. The summed E-state index contributed by atoms with van der Waals surface area (Å²) >= 11 is 0. The van der Waals surface area contributed by atoms with Crippen LogP contribution in [0.3, 0.4) is 0 Å². The lowest BCUT2D eigenvalue weighted by Gasteiger charge is -2.28. The van der Waals surface area contributed by atoms with Gasteiger partial charge >= 0.3 is 0 Å². The van der Waals surface area contributed by atoms with E-state index < -0.39 is 6.04 Å². The summed E-state index contributed by atoms with van der Waals surface area (Å²) in [7, 11) is 0. The first kappa shape index (κ1) is 18.7. The number of aryl methyl sites for hydroxylation is 1. The normalized spacial score (nSPS) is 21.6. The molecule has 3 heterocycles. The fourth-order valence-corrected chi connectivity index (χ4v) is 4.43. The fourth-order valence-electron chi connectivity index (χ4n) is 4.43. The maximum absolute atomic E-state index is 12.8. The number of hydrogen-bond donors (Lipinski definition) is 0. The quantitative estimate of drug-likeness (QED) is 0.740. The Bertz CT molecular complexity index is 844. The van der Waals surface area contributed by atoms with Gasteiger partial charge in [0.05, 0.1) is 11.1 Å². The largest absolute Gasteiger partial charge is 0.341 e. The van der Waals surface area contributed by atoms with Gasteiger partial charge in [0.25, 0.3) is 11.8 Å². The van der Waals surface area contributed by atoms with E-state index in [1.165, 1.54) is 0 Å². The molecule has 0 N–H and O–H groups in total. The molecule has 0 radical (unpaired) electrons. The zero-order chi connectivity index (χ0) is 19.8. The summed E-state index contributed by atoms with van der Waals surface area (Å²) in [6.45, 7) is 4.02. The second-order valence-electron chi connectivity index (χ2n) is 7.84. The zero-order valence-corrected chi connectivity index (χ0v) is 16.1. The van der Waals surface area contributed by atoms with Crippen LogP contribution in [0.15, 0.2) is 18.2 Å². The van der Waals surface area contributed by atoms with Crippen molar-refractivity contribution in [2.45, 2.75) is 45.1 Å². The number of benzene rings is 1. The Hall–Kier alpha value is -2.70. The predicted octanol–water partition coefficient (Wildman–Crippen LogP) is 1.59. The molecule has 0 unspecified atom stereocenters. The van der Waals surface area contributed by atoms with Crippen molar-refractivity contribution in [1.29, 1.82) is 0 Å². The third-order valence-corrected chi connectivity index (χ3v) is 5.95. The van der Waals surface area contributed by atoms with Crippen LogP contribution in [0, 0.1) is 6.92 Å². The lowest BCUT2D eigenvalue weighted by Crippen LogP contribution is -2.47. The summed E-state index contributed by atoms with van der Waals surface area (Å²) in [5.41, 5.74) is 1.71. The minimum atomic E-state index is -0.393. The highest BCUT2D eigenvalue weighted by atomic mass is 16.2. The van der Waals surface area contributed by atoms with Gasteiger partial charge in [-0.15, -0.1) is 0 Å². The van der Waals surface area contributed by atoms with Gasteiger partial charge in [-0.3, -0.25) is 24.1 Å². The molecule has 0 bridgehead atoms. The Morgan fingerprint density at radius 3 is 2.46 bits per heavy atom. The number of likely N-dealkylation sites (tertiary alicyclic amines) is 2. The van der Waals surface area contributed by atoms with Crippen LogP contribution in [-0.2, 0) is 9.59 Å². The van der Waals surface area contributed by atoms with Crippen LogP contribution in [0.4, 0.5) is 0 Å². The number of imide groups is 1. The lowest BCUT2D eigenvalue weighted by atomic mass is 10.1. The van der Waals surface area contributed by atoms with Crippen molar-refractivity contribution in [2.24, 2.45) is 0 Å². The van der Waals surface area contributed by atoms with E-state index >= 15 is 0 Å². The van der Waals surface area contributed by atoms with Crippen molar-refractivity contribution in [3.8, 4) is 0 Å². The molecule has 2 saturated heterocycles. The van der Waals surface area contributed by atoms with Gasteiger partial charge in [0, 0.05) is 32.6 Å². The molecule has 4 rings (SSSR count). The first-order valence-corrected chi connectivity index (χ1v) is 10.0. The molecular weight excluding hydrogens is 358 g/mol. The Kier molecular flexibility index (Phi) is 4.91. The van der Waals surface area contributed by atoms with Gasteiger partial charge < -0.3 is 9.80 Å². The molecule has 1 aromatic carbocycles.